The summed E-state index contributed by atoms with van der Waals surface area (Å²) in [6, 6.07) is -0.680. The van der Waals surface area contributed by atoms with Gasteiger partial charge in [-0.1, -0.05) is 59.8 Å². The number of amides is 1. The minimum atomic E-state index is -1.21. The van der Waals surface area contributed by atoms with Crippen LogP contribution in [0.4, 0.5) is 0 Å². The lowest BCUT2D eigenvalue weighted by Crippen LogP contribution is -2.63. The lowest BCUT2D eigenvalue weighted by Gasteiger charge is -2.51. The van der Waals surface area contributed by atoms with E-state index in [9.17, 15) is 28.8 Å². The monoisotopic (exact) mass is 1080 g/mol. The van der Waals surface area contributed by atoms with Gasteiger partial charge in [-0.2, -0.15) is 0 Å². The van der Waals surface area contributed by atoms with Crippen LogP contribution in [-0.4, -0.2) is 176 Å². The predicted octanol–water partition coefficient (Wildman–Crippen LogP) is 4.49. The van der Waals surface area contributed by atoms with Crippen molar-refractivity contribution in [1.29, 1.82) is 0 Å². The Balaban J connectivity index is 1.36. The van der Waals surface area contributed by atoms with E-state index in [1.54, 1.807) is 31.6 Å². The van der Waals surface area contributed by atoms with Gasteiger partial charge in [0.05, 0.1) is 63.5 Å². The molecule has 4 aliphatic rings. The van der Waals surface area contributed by atoms with E-state index >= 15 is 0 Å². The summed E-state index contributed by atoms with van der Waals surface area (Å²) < 4.78 is 80.6. The van der Waals surface area contributed by atoms with Crippen molar-refractivity contribution in [2.24, 2.45) is 35.5 Å². The van der Waals surface area contributed by atoms with Gasteiger partial charge in [-0.05, 0) is 43.1 Å². The second-order valence-corrected chi connectivity index (χ2v) is 20.7. The molecule has 6 unspecified atom stereocenters. The van der Waals surface area contributed by atoms with Gasteiger partial charge >= 0.3 is 29.8 Å². The summed E-state index contributed by atoms with van der Waals surface area (Å²) in [5.74, 6) is -4.44. The van der Waals surface area contributed by atoms with Gasteiger partial charge in [0.15, 0.2) is 25.0 Å². The van der Waals surface area contributed by atoms with E-state index in [1.165, 1.54) is 34.6 Å². The molecule has 23 nitrogen and oxygen atoms in total. The van der Waals surface area contributed by atoms with Crippen molar-refractivity contribution < 1.29 is 90.3 Å². The molecule has 1 aliphatic carbocycles. The summed E-state index contributed by atoms with van der Waals surface area (Å²) in [6.45, 7) is 25.5. The first-order chi connectivity index (χ1) is 36.0. The fraction of sp³-hybridized carbons (Fsp3) is 0.811. The average molecular weight is 1080 g/mol. The van der Waals surface area contributed by atoms with Gasteiger partial charge in [-0.3, -0.25) is 28.8 Å². The highest BCUT2D eigenvalue weighted by molar-refractivity contribution is 5.74. The summed E-state index contributed by atoms with van der Waals surface area (Å²) in [6.07, 6.45) is -5.06. The first-order valence-electron chi connectivity index (χ1n) is 26.7. The molecule has 23 heteroatoms. The molecule has 76 heavy (non-hydrogen) atoms. The number of nitrogens with zero attached hydrogens (tertiary/aromatic N) is 4. The summed E-state index contributed by atoms with van der Waals surface area (Å²) in [5.41, 5.74) is 1.41. The number of carbonyl (C=O) groups excluding carboxylic acids is 6. The van der Waals surface area contributed by atoms with E-state index in [0.29, 0.717) is 45.1 Å². The first-order valence-corrected chi connectivity index (χ1v) is 26.7. The van der Waals surface area contributed by atoms with Crippen molar-refractivity contribution in [3.8, 4) is 0 Å². The summed E-state index contributed by atoms with van der Waals surface area (Å²) in [4.78, 5) is 77.7. The molecule has 1 aromatic rings. The summed E-state index contributed by atoms with van der Waals surface area (Å²) in [5, 5.41) is 8.37. The van der Waals surface area contributed by atoms with Crippen LogP contribution < -0.4 is 0 Å². The molecule has 5 rings (SSSR count). The summed E-state index contributed by atoms with van der Waals surface area (Å²) in [7, 11) is 0. The van der Waals surface area contributed by atoms with Crippen LogP contribution >= 0.6 is 0 Å². The van der Waals surface area contributed by atoms with Gasteiger partial charge < -0.3 is 66.5 Å². The number of carbonyl (C=O) groups is 6. The standard InChI is InChI=1S/C53H84N4O19/c1-15-17-64-19-20-65-18-16-56-23-42(54-55-56)25-69-53-49(72-40(14)63)32(6)47(45(74-53)26-67-37(11)60)75-52-33(7)48(71-39(13)62)50(46(73-52)27-68-38(12)61)76-51-28(2)21-44(34(8)70-51)57(35(9)58)43-22-41(24-66-36(10)59)30(4)29(3)31(43)5/h22-23,28-34,43-53H,15-21,24-27H2,1-14H3/t28?,29-,30-,31+,32-,33?,34?,43-,44-,45?,46?,47-,48+,49?,50+,51+,52+,53+/m0/s1. The predicted molar refractivity (Wildman–Crippen MR) is 267 cm³/mol. The fourth-order valence-corrected chi connectivity index (χ4v) is 10.4. The van der Waals surface area contributed by atoms with Crippen LogP contribution in [0.5, 0.6) is 0 Å². The van der Waals surface area contributed by atoms with E-state index in [1.807, 2.05) is 25.7 Å². The SMILES string of the molecule is CCCOCCOCCn1cc(CO[C@@H]2OC(COC(C)=O)[C@@H](O[C@H]3OC(COC(C)=O)[C@@H](O[C@H]4OC(C)[C@@H](N(C(C)=O)[C@H]5C=C(COC(C)=O)[C@@H](C)[C@H](C)[C@H]5C)CC4C)[C@H](OC(C)=O)C3C)[C@H](C)C2OC(C)=O)nn1. The van der Waals surface area contributed by atoms with E-state index in [-0.39, 0.29) is 74.1 Å². The van der Waals surface area contributed by atoms with Gasteiger partial charge in [0.25, 0.3) is 0 Å². The van der Waals surface area contributed by atoms with Gasteiger partial charge in [-0.15, -0.1) is 5.10 Å². The van der Waals surface area contributed by atoms with Crippen molar-refractivity contribution in [2.75, 3.05) is 46.2 Å². The van der Waals surface area contributed by atoms with Crippen molar-refractivity contribution in [2.45, 2.75) is 197 Å². The molecule has 430 valence electrons. The van der Waals surface area contributed by atoms with Crippen LogP contribution in [0.1, 0.15) is 115 Å². The van der Waals surface area contributed by atoms with Crippen LogP contribution in [0.15, 0.2) is 17.8 Å². The molecule has 0 spiro atoms. The quantitative estimate of drug-likeness (QED) is 0.0566. The second-order valence-electron chi connectivity index (χ2n) is 20.7. The topological polar surface area (TPSA) is 256 Å². The zero-order chi connectivity index (χ0) is 56.0. The normalized spacial score (nSPS) is 33.6. The second kappa shape index (κ2) is 29.4. The minimum Gasteiger partial charge on any atom is -0.463 e. The molecule has 3 aliphatic heterocycles. The van der Waals surface area contributed by atoms with E-state index < -0.39 is 97.3 Å². The number of ether oxygens (including phenoxy) is 13. The molecule has 0 radical (unpaired) electrons. The van der Waals surface area contributed by atoms with Crippen molar-refractivity contribution in [3.63, 3.8) is 0 Å². The molecule has 1 amide bonds. The van der Waals surface area contributed by atoms with Crippen LogP contribution in [0, 0.1) is 35.5 Å². The van der Waals surface area contributed by atoms with Crippen LogP contribution in [0.3, 0.4) is 0 Å². The largest absolute Gasteiger partial charge is 0.463 e. The number of rotatable bonds is 25. The molecule has 1 aromatic heterocycles. The Bertz CT molecular complexity index is 2100. The third kappa shape index (κ3) is 17.2. The van der Waals surface area contributed by atoms with Gasteiger partial charge in [0, 0.05) is 65.9 Å². The third-order valence-electron chi connectivity index (χ3n) is 14.8. The molecule has 0 aromatic carbocycles. The third-order valence-corrected chi connectivity index (χ3v) is 14.8. The number of aromatic nitrogens is 3. The van der Waals surface area contributed by atoms with Crippen molar-refractivity contribution in [3.05, 3.63) is 23.5 Å². The Labute approximate surface area is 446 Å². The molecule has 3 saturated heterocycles. The first kappa shape index (κ1) is 62.2. The minimum absolute atomic E-state index is 0.0682. The Morgan fingerprint density at radius 1 is 0.632 bits per heavy atom. The van der Waals surface area contributed by atoms with E-state index in [0.717, 1.165) is 12.0 Å². The van der Waals surface area contributed by atoms with Crippen LogP contribution in [0.2, 0.25) is 0 Å². The van der Waals surface area contributed by atoms with Crippen LogP contribution in [-0.2, 0) is 103 Å². The lowest BCUT2D eigenvalue weighted by molar-refractivity contribution is -0.360. The number of hydrogen-bond donors (Lipinski definition) is 0. The Morgan fingerprint density at radius 2 is 1.22 bits per heavy atom. The summed E-state index contributed by atoms with van der Waals surface area (Å²) >= 11 is 0. The molecular weight excluding hydrogens is 997 g/mol. The van der Waals surface area contributed by atoms with Crippen molar-refractivity contribution >= 4 is 35.8 Å². The Hall–Kier alpha value is -4.62. The highest BCUT2D eigenvalue weighted by Gasteiger charge is 2.54. The lowest BCUT2D eigenvalue weighted by atomic mass is 9.71. The van der Waals surface area contributed by atoms with Gasteiger partial charge in [-0.25, -0.2) is 4.68 Å². The van der Waals surface area contributed by atoms with Crippen molar-refractivity contribution in [1.82, 2.24) is 19.9 Å². The number of hydrogen-bond acceptors (Lipinski definition) is 21. The van der Waals surface area contributed by atoms with Gasteiger partial charge in [0.1, 0.15) is 49.9 Å². The zero-order valence-corrected chi connectivity index (χ0v) is 46.9. The Morgan fingerprint density at radius 3 is 1.83 bits per heavy atom. The zero-order valence-electron chi connectivity index (χ0n) is 46.9. The Kier molecular flexibility index (Phi) is 24.1. The number of esters is 5. The molecule has 0 bridgehead atoms. The molecule has 4 heterocycles. The molecule has 0 N–H and O–H groups in total. The van der Waals surface area contributed by atoms with E-state index in [4.69, 9.17) is 61.6 Å². The molecular formula is C53H84N4O19. The smallest absolute Gasteiger partial charge is 0.303 e. The fourth-order valence-electron chi connectivity index (χ4n) is 10.4. The average Bonchev–Trinajstić information content (AvgIpc) is 3.82. The van der Waals surface area contributed by atoms with Crippen LogP contribution in [0.25, 0.3) is 0 Å². The molecule has 0 saturated carbocycles. The maximum Gasteiger partial charge on any atom is 0.303 e. The highest BCUT2D eigenvalue weighted by Crippen LogP contribution is 2.42. The molecule has 3 fully saturated rings. The molecule has 18 atom stereocenters. The van der Waals surface area contributed by atoms with E-state index in [2.05, 4.69) is 37.2 Å². The maximum absolute atomic E-state index is 13.7. The van der Waals surface area contributed by atoms with Gasteiger partial charge in [0.2, 0.25) is 5.91 Å². The highest BCUT2D eigenvalue weighted by atomic mass is 16.8. The maximum atomic E-state index is 13.7.